The molecule has 0 amide bonds. The fourth-order valence-electron chi connectivity index (χ4n) is 2.92. The van der Waals surface area contributed by atoms with Crippen molar-refractivity contribution >= 4 is 14.5 Å². The van der Waals surface area contributed by atoms with E-state index in [-0.39, 0.29) is 11.7 Å². The number of rotatable bonds is 14. The van der Waals surface area contributed by atoms with Gasteiger partial charge in [-0.3, -0.25) is 4.79 Å². The molecule has 0 aromatic carbocycles. The summed E-state index contributed by atoms with van der Waals surface area (Å²) in [7, 11) is -2.09. The standard InChI is InChI=1S/C20H40O4Si/c1-7-18(23-25(5,6)24-20(2,3)4)16-14-12-10-8-9-11-13-15-17-19(21)22/h10,12,18H,7-9,11,13-17H2,1-6H3,(H,21,22)/b12-10-/t18-/m0/s1. The molecule has 0 spiro atoms. The molecular formula is C20H40O4Si. The Bertz CT molecular complexity index is 386. The number of carboxylic acid groups (broad SMARTS) is 1. The number of hydrogen-bond donors (Lipinski definition) is 1. The Morgan fingerprint density at radius 1 is 1.08 bits per heavy atom. The molecule has 0 heterocycles. The van der Waals surface area contributed by atoms with Crippen LogP contribution in [0.15, 0.2) is 12.2 Å². The lowest BCUT2D eigenvalue weighted by Crippen LogP contribution is -2.44. The van der Waals surface area contributed by atoms with Crippen LogP contribution >= 0.6 is 0 Å². The van der Waals surface area contributed by atoms with Crippen molar-refractivity contribution in [2.75, 3.05) is 0 Å². The predicted molar refractivity (Wildman–Crippen MR) is 107 cm³/mol. The molecule has 0 bridgehead atoms. The lowest BCUT2D eigenvalue weighted by atomic mass is 10.1. The summed E-state index contributed by atoms with van der Waals surface area (Å²) in [6, 6.07) is 0. The summed E-state index contributed by atoms with van der Waals surface area (Å²) in [5.41, 5.74) is -0.154. The van der Waals surface area contributed by atoms with E-state index in [0.717, 1.165) is 51.4 Å². The topological polar surface area (TPSA) is 55.8 Å². The minimum Gasteiger partial charge on any atom is -0.481 e. The number of hydrogen-bond acceptors (Lipinski definition) is 3. The van der Waals surface area contributed by atoms with Gasteiger partial charge in [-0.1, -0.05) is 31.9 Å². The van der Waals surface area contributed by atoms with Gasteiger partial charge in [-0.05, 0) is 72.4 Å². The Morgan fingerprint density at radius 3 is 2.24 bits per heavy atom. The average Bonchev–Trinajstić information content (AvgIpc) is 2.44. The van der Waals surface area contributed by atoms with Crippen LogP contribution in [0.5, 0.6) is 0 Å². The minimum atomic E-state index is -2.09. The van der Waals surface area contributed by atoms with Gasteiger partial charge >= 0.3 is 14.5 Å². The molecule has 25 heavy (non-hydrogen) atoms. The highest BCUT2D eigenvalue weighted by Gasteiger charge is 2.32. The van der Waals surface area contributed by atoms with E-state index in [9.17, 15) is 4.79 Å². The Kier molecular flexibility index (Phi) is 12.3. The van der Waals surface area contributed by atoms with E-state index in [1.807, 2.05) is 0 Å². The van der Waals surface area contributed by atoms with Crippen LogP contribution in [0.2, 0.25) is 13.1 Å². The maximum Gasteiger partial charge on any atom is 0.332 e. The minimum absolute atomic E-state index is 0.154. The quantitative estimate of drug-likeness (QED) is 0.229. The van der Waals surface area contributed by atoms with E-state index in [1.165, 1.54) is 0 Å². The first kappa shape index (κ1) is 24.3. The Hall–Kier alpha value is -0.653. The molecule has 0 aromatic rings. The van der Waals surface area contributed by atoms with Gasteiger partial charge in [0.25, 0.3) is 0 Å². The highest BCUT2D eigenvalue weighted by Crippen LogP contribution is 2.22. The molecule has 0 aromatic heterocycles. The first-order valence-electron chi connectivity index (χ1n) is 9.80. The van der Waals surface area contributed by atoms with Gasteiger partial charge in [0.2, 0.25) is 0 Å². The van der Waals surface area contributed by atoms with Gasteiger partial charge in [0.1, 0.15) is 0 Å². The Balaban J connectivity index is 3.87. The van der Waals surface area contributed by atoms with Gasteiger partial charge in [0.15, 0.2) is 0 Å². The number of aliphatic carboxylic acids is 1. The molecule has 0 unspecified atom stereocenters. The van der Waals surface area contributed by atoms with Crippen LogP contribution in [0.3, 0.4) is 0 Å². The fraction of sp³-hybridized carbons (Fsp3) is 0.850. The zero-order valence-corrected chi connectivity index (χ0v) is 18.3. The second kappa shape index (κ2) is 12.7. The number of unbranched alkanes of at least 4 members (excludes halogenated alkanes) is 4. The summed E-state index contributed by atoms with van der Waals surface area (Å²) < 4.78 is 12.4. The number of carboxylic acids is 1. The Morgan fingerprint density at radius 2 is 1.68 bits per heavy atom. The van der Waals surface area contributed by atoms with Gasteiger partial charge in [-0.2, -0.15) is 0 Å². The first-order chi connectivity index (χ1) is 11.6. The third kappa shape index (κ3) is 16.6. The van der Waals surface area contributed by atoms with E-state index in [1.54, 1.807) is 0 Å². The highest BCUT2D eigenvalue weighted by molar-refractivity contribution is 6.64. The first-order valence-corrected chi connectivity index (χ1v) is 12.6. The van der Waals surface area contributed by atoms with Gasteiger partial charge in [-0.15, -0.1) is 0 Å². The van der Waals surface area contributed by atoms with Crippen molar-refractivity contribution in [3.63, 3.8) is 0 Å². The lowest BCUT2D eigenvalue weighted by molar-refractivity contribution is -0.137. The zero-order valence-electron chi connectivity index (χ0n) is 17.3. The molecule has 1 atom stereocenters. The van der Waals surface area contributed by atoms with Gasteiger partial charge in [0.05, 0.1) is 5.60 Å². The van der Waals surface area contributed by atoms with Crippen molar-refractivity contribution in [1.82, 2.24) is 0 Å². The molecular weight excluding hydrogens is 332 g/mol. The molecule has 0 aliphatic rings. The normalized spacial score (nSPS) is 14.2. The van der Waals surface area contributed by atoms with Crippen LogP contribution in [-0.4, -0.2) is 31.3 Å². The smallest absolute Gasteiger partial charge is 0.332 e. The second-order valence-electron chi connectivity index (χ2n) is 8.16. The molecule has 148 valence electrons. The van der Waals surface area contributed by atoms with Crippen molar-refractivity contribution in [3.05, 3.63) is 12.2 Å². The third-order valence-electron chi connectivity index (χ3n) is 3.79. The summed E-state index contributed by atoms with van der Waals surface area (Å²) in [5, 5.41) is 8.58. The molecule has 1 N–H and O–H groups in total. The van der Waals surface area contributed by atoms with Crippen LogP contribution in [-0.2, 0) is 13.6 Å². The molecule has 5 heteroatoms. The molecule has 0 saturated carbocycles. The van der Waals surface area contributed by atoms with Crippen molar-refractivity contribution in [2.24, 2.45) is 0 Å². The molecule has 0 aliphatic carbocycles. The van der Waals surface area contributed by atoms with Crippen molar-refractivity contribution in [3.8, 4) is 0 Å². The molecule has 0 aliphatic heterocycles. The van der Waals surface area contributed by atoms with E-state index >= 15 is 0 Å². The highest BCUT2D eigenvalue weighted by atomic mass is 28.4. The largest absolute Gasteiger partial charge is 0.481 e. The summed E-state index contributed by atoms with van der Waals surface area (Å²) >= 11 is 0. The van der Waals surface area contributed by atoms with E-state index in [4.69, 9.17) is 14.0 Å². The molecule has 0 fully saturated rings. The third-order valence-corrected chi connectivity index (χ3v) is 5.80. The SMILES string of the molecule is CC[C@@H](CC/C=C\CCCCCCC(=O)O)O[Si](C)(C)OC(C)(C)C. The lowest BCUT2D eigenvalue weighted by Gasteiger charge is -2.34. The molecule has 0 radical (unpaired) electrons. The number of allylic oxidation sites excluding steroid dienone is 2. The van der Waals surface area contributed by atoms with E-state index < -0.39 is 14.5 Å². The van der Waals surface area contributed by atoms with Crippen molar-refractivity contribution in [1.29, 1.82) is 0 Å². The molecule has 0 rings (SSSR count). The fourth-order valence-corrected chi connectivity index (χ4v) is 5.53. The molecule has 4 nitrogen and oxygen atoms in total. The zero-order chi connectivity index (χ0) is 19.3. The van der Waals surface area contributed by atoms with E-state index in [0.29, 0.717) is 6.42 Å². The summed E-state index contributed by atoms with van der Waals surface area (Å²) in [5.74, 6) is -0.688. The Labute approximate surface area is 156 Å². The van der Waals surface area contributed by atoms with Crippen LogP contribution in [0.4, 0.5) is 0 Å². The average molecular weight is 373 g/mol. The predicted octanol–water partition coefficient (Wildman–Crippen LogP) is 6.06. The second-order valence-corrected chi connectivity index (χ2v) is 11.4. The van der Waals surface area contributed by atoms with Crippen molar-refractivity contribution in [2.45, 2.75) is 110 Å². The monoisotopic (exact) mass is 372 g/mol. The molecule has 0 saturated heterocycles. The van der Waals surface area contributed by atoms with Gasteiger partial charge in [-0.25, -0.2) is 0 Å². The van der Waals surface area contributed by atoms with Gasteiger partial charge < -0.3 is 14.0 Å². The van der Waals surface area contributed by atoms with Crippen molar-refractivity contribution < 1.29 is 18.8 Å². The summed E-state index contributed by atoms with van der Waals surface area (Å²) in [4.78, 5) is 10.4. The van der Waals surface area contributed by atoms with E-state index in [2.05, 4.69) is 52.9 Å². The van der Waals surface area contributed by atoms with Gasteiger partial charge in [0, 0.05) is 12.5 Å². The number of carbonyl (C=O) groups is 1. The van der Waals surface area contributed by atoms with Crippen LogP contribution < -0.4 is 0 Å². The van der Waals surface area contributed by atoms with Crippen LogP contribution in [0.25, 0.3) is 0 Å². The maximum absolute atomic E-state index is 10.4. The van der Waals surface area contributed by atoms with Crippen LogP contribution in [0.1, 0.15) is 85.5 Å². The maximum atomic E-state index is 10.4. The summed E-state index contributed by atoms with van der Waals surface area (Å²) in [6.45, 7) is 12.7. The van der Waals surface area contributed by atoms with Crippen LogP contribution in [0, 0.1) is 0 Å². The summed E-state index contributed by atoms with van der Waals surface area (Å²) in [6.07, 6.45) is 13.3.